The highest BCUT2D eigenvalue weighted by molar-refractivity contribution is 6.04. The Bertz CT molecular complexity index is 1000. The van der Waals surface area contributed by atoms with Crippen molar-refractivity contribution < 1.29 is 9.18 Å². The van der Waals surface area contributed by atoms with E-state index in [0.717, 1.165) is 34.6 Å². The second kappa shape index (κ2) is 7.27. The van der Waals surface area contributed by atoms with Crippen LogP contribution in [0.4, 0.5) is 10.2 Å². The molecule has 0 unspecified atom stereocenters. The molecule has 0 spiro atoms. The van der Waals surface area contributed by atoms with Gasteiger partial charge in [-0.25, -0.2) is 14.4 Å². The van der Waals surface area contributed by atoms with Gasteiger partial charge in [0.1, 0.15) is 5.82 Å². The average Bonchev–Trinajstić information content (AvgIpc) is 2.69. The number of hydrogen-bond acceptors (Lipinski definition) is 3. The largest absolute Gasteiger partial charge is 0.305 e. The molecule has 4 nitrogen and oxygen atoms in total. The van der Waals surface area contributed by atoms with Gasteiger partial charge in [-0.1, -0.05) is 31.5 Å². The third kappa shape index (κ3) is 3.45. The highest BCUT2D eigenvalue weighted by Gasteiger charge is 2.22. The standard InChI is InChI=1S/C22H20FN3O/c1-2-6-19-21(26-22(27)14-7-4-3-5-8-14)25-18-12-9-15-13-16(23)10-11-17(15)20(18)24-19/h3-5,7-8,10-11,13H,2,6,9,12H2,1H3,(H,25,26,27). The van der Waals surface area contributed by atoms with Gasteiger partial charge in [0.25, 0.3) is 5.91 Å². The molecule has 1 N–H and O–H groups in total. The molecule has 0 fully saturated rings. The van der Waals surface area contributed by atoms with E-state index < -0.39 is 0 Å². The van der Waals surface area contributed by atoms with E-state index >= 15 is 0 Å². The van der Waals surface area contributed by atoms with Gasteiger partial charge >= 0.3 is 0 Å². The predicted octanol–water partition coefficient (Wildman–Crippen LogP) is 4.59. The first-order chi connectivity index (χ1) is 13.2. The number of hydrogen-bond donors (Lipinski definition) is 1. The smallest absolute Gasteiger partial charge is 0.256 e. The number of amides is 1. The van der Waals surface area contributed by atoms with Gasteiger partial charge in [-0.05, 0) is 55.2 Å². The fraction of sp³-hybridized carbons (Fsp3) is 0.227. The Hall–Kier alpha value is -3.08. The molecule has 136 valence electrons. The summed E-state index contributed by atoms with van der Waals surface area (Å²) in [5, 5.41) is 2.92. The van der Waals surface area contributed by atoms with Crippen molar-refractivity contribution in [3.63, 3.8) is 0 Å². The molecule has 27 heavy (non-hydrogen) atoms. The first-order valence-corrected chi connectivity index (χ1v) is 9.20. The van der Waals surface area contributed by atoms with Crippen LogP contribution in [0.5, 0.6) is 0 Å². The third-order valence-electron chi connectivity index (χ3n) is 4.75. The number of nitrogens with one attached hydrogen (secondary N) is 1. The molecule has 0 aliphatic heterocycles. The zero-order valence-electron chi connectivity index (χ0n) is 15.1. The van der Waals surface area contributed by atoms with Crippen molar-refractivity contribution in [3.8, 4) is 11.3 Å². The first-order valence-electron chi connectivity index (χ1n) is 9.20. The number of carbonyl (C=O) groups is 1. The summed E-state index contributed by atoms with van der Waals surface area (Å²) < 4.78 is 13.6. The van der Waals surface area contributed by atoms with Crippen molar-refractivity contribution in [1.82, 2.24) is 9.97 Å². The minimum absolute atomic E-state index is 0.194. The summed E-state index contributed by atoms with van der Waals surface area (Å²) in [5.41, 5.74) is 4.89. The number of nitrogens with zero attached hydrogens (tertiary/aromatic N) is 2. The molecule has 0 atom stereocenters. The lowest BCUT2D eigenvalue weighted by molar-refractivity contribution is 0.102. The van der Waals surface area contributed by atoms with Crippen LogP contribution >= 0.6 is 0 Å². The molecule has 1 aromatic heterocycles. The molecule has 1 heterocycles. The maximum Gasteiger partial charge on any atom is 0.256 e. The predicted molar refractivity (Wildman–Crippen MR) is 103 cm³/mol. The first kappa shape index (κ1) is 17.3. The molecule has 0 radical (unpaired) electrons. The number of fused-ring (bicyclic) bond motifs is 3. The van der Waals surface area contributed by atoms with Crippen LogP contribution in [0.3, 0.4) is 0 Å². The SMILES string of the molecule is CCCc1nc2c(nc1NC(=O)c1ccccc1)CCc1cc(F)ccc1-2. The Balaban J connectivity index is 1.73. The van der Waals surface area contributed by atoms with E-state index in [2.05, 4.69) is 12.2 Å². The van der Waals surface area contributed by atoms with Crippen LogP contribution in [0.2, 0.25) is 0 Å². The van der Waals surface area contributed by atoms with Crippen LogP contribution in [0, 0.1) is 5.82 Å². The Morgan fingerprint density at radius 2 is 1.93 bits per heavy atom. The van der Waals surface area contributed by atoms with E-state index in [1.54, 1.807) is 24.3 Å². The molecule has 4 rings (SSSR count). The lowest BCUT2D eigenvalue weighted by Gasteiger charge is -2.21. The summed E-state index contributed by atoms with van der Waals surface area (Å²) in [6.07, 6.45) is 2.99. The van der Waals surface area contributed by atoms with Crippen molar-refractivity contribution in [2.24, 2.45) is 0 Å². The van der Waals surface area contributed by atoms with E-state index in [0.29, 0.717) is 30.6 Å². The van der Waals surface area contributed by atoms with Crippen LogP contribution in [0.15, 0.2) is 48.5 Å². The fourth-order valence-corrected chi connectivity index (χ4v) is 3.43. The van der Waals surface area contributed by atoms with Crippen LogP contribution in [0.25, 0.3) is 11.3 Å². The van der Waals surface area contributed by atoms with Crippen molar-refractivity contribution in [2.75, 3.05) is 5.32 Å². The Labute approximate surface area is 157 Å². The maximum absolute atomic E-state index is 13.6. The van der Waals surface area contributed by atoms with Crippen LogP contribution in [-0.4, -0.2) is 15.9 Å². The number of rotatable bonds is 4. The quantitative estimate of drug-likeness (QED) is 0.740. The molecule has 1 aliphatic rings. The van der Waals surface area contributed by atoms with Gasteiger partial charge in [0, 0.05) is 11.1 Å². The topological polar surface area (TPSA) is 54.9 Å². The zero-order chi connectivity index (χ0) is 18.8. The molecule has 1 amide bonds. The van der Waals surface area contributed by atoms with E-state index in [1.807, 2.05) is 18.2 Å². The summed E-state index contributed by atoms with van der Waals surface area (Å²) in [6.45, 7) is 2.06. The van der Waals surface area contributed by atoms with Gasteiger partial charge in [-0.3, -0.25) is 4.79 Å². The maximum atomic E-state index is 13.6. The zero-order valence-corrected chi connectivity index (χ0v) is 15.1. The van der Waals surface area contributed by atoms with Gasteiger partial charge < -0.3 is 5.32 Å². The van der Waals surface area contributed by atoms with E-state index in [4.69, 9.17) is 9.97 Å². The summed E-state index contributed by atoms with van der Waals surface area (Å²) in [6, 6.07) is 13.9. The van der Waals surface area contributed by atoms with E-state index in [9.17, 15) is 9.18 Å². The molecule has 0 saturated heterocycles. The van der Waals surface area contributed by atoms with Crippen LogP contribution in [0.1, 0.15) is 40.7 Å². The second-order valence-electron chi connectivity index (χ2n) is 6.69. The number of aromatic nitrogens is 2. The highest BCUT2D eigenvalue weighted by Crippen LogP contribution is 2.33. The summed E-state index contributed by atoms with van der Waals surface area (Å²) >= 11 is 0. The number of benzene rings is 2. The third-order valence-corrected chi connectivity index (χ3v) is 4.75. The Morgan fingerprint density at radius 1 is 1.11 bits per heavy atom. The molecule has 1 aliphatic carbocycles. The van der Waals surface area contributed by atoms with Crippen molar-refractivity contribution in [2.45, 2.75) is 32.6 Å². The minimum Gasteiger partial charge on any atom is -0.305 e. The summed E-state index contributed by atoms with van der Waals surface area (Å²) in [4.78, 5) is 22.1. The molecule has 5 heteroatoms. The van der Waals surface area contributed by atoms with Crippen LogP contribution in [-0.2, 0) is 19.3 Å². The van der Waals surface area contributed by atoms with Gasteiger partial charge in [0.2, 0.25) is 0 Å². The van der Waals surface area contributed by atoms with Gasteiger partial charge in [-0.2, -0.15) is 0 Å². The van der Waals surface area contributed by atoms with Crippen molar-refractivity contribution in [1.29, 1.82) is 0 Å². The molecular weight excluding hydrogens is 341 g/mol. The normalized spacial score (nSPS) is 12.2. The monoisotopic (exact) mass is 361 g/mol. The Morgan fingerprint density at radius 3 is 2.70 bits per heavy atom. The minimum atomic E-state index is -0.231. The summed E-state index contributed by atoms with van der Waals surface area (Å²) in [5.74, 6) is 0.0983. The fourth-order valence-electron chi connectivity index (χ4n) is 3.43. The van der Waals surface area contributed by atoms with E-state index in [-0.39, 0.29) is 11.7 Å². The van der Waals surface area contributed by atoms with Crippen molar-refractivity contribution >= 4 is 11.7 Å². The van der Waals surface area contributed by atoms with Gasteiger partial charge in [0.15, 0.2) is 5.82 Å². The molecule has 2 aromatic carbocycles. The Kier molecular flexibility index (Phi) is 4.67. The van der Waals surface area contributed by atoms with Gasteiger partial charge in [-0.15, -0.1) is 0 Å². The number of halogens is 1. The highest BCUT2D eigenvalue weighted by atomic mass is 19.1. The second-order valence-corrected chi connectivity index (χ2v) is 6.69. The lowest BCUT2D eigenvalue weighted by Crippen LogP contribution is -2.18. The number of aryl methyl sites for hydroxylation is 3. The van der Waals surface area contributed by atoms with Gasteiger partial charge in [0.05, 0.1) is 17.1 Å². The molecule has 0 saturated carbocycles. The summed E-state index contributed by atoms with van der Waals surface area (Å²) in [7, 11) is 0. The van der Waals surface area contributed by atoms with Crippen LogP contribution < -0.4 is 5.32 Å². The molecular formula is C22H20FN3O. The number of carbonyl (C=O) groups excluding carboxylic acids is 1. The van der Waals surface area contributed by atoms with E-state index in [1.165, 1.54) is 6.07 Å². The average molecular weight is 361 g/mol. The van der Waals surface area contributed by atoms with Crippen molar-refractivity contribution in [3.05, 3.63) is 76.9 Å². The molecule has 0 bridgehead atoms. The molecule has 3 aromatic rings. The lowest BCUT2D eigenvalue weighted by atomic mass is 9.91. The number of anilines is 1.